The third-order valence-electron chi connectivity index (χ3n) is 5.30. The van der Waals surface area contributed by atoms with Gasteiger partial charge in [-0.3, -0.25) is 0 Å². The normalized spacial score (nSPS) is 15.5. The summed E-state index contributed by atoms with van der Waals surface area (Å²) in [5.41, 5.74) is 1.71. The van der Waals surface area contributed by atoms with Gasteiger partial charge in [-0.2, -0.15) is 4.31 Å². The molecule has 0 amide bonds. The Bertz CT molecular complexity index is 986. The fourth-order valence-corrected chi connectivity index (χ4v) is 5.40. The zero-order valence-corrected chi connectivity index (χ0v) is 19.1. The van der Waals surface area contributed by atoms with Gasteiger partial charge in [-0.15, -0.1) is 0 Å². The van der Waals surface area contributed by atoms with Crippen LogP contribution in [0.3, 0.4) is 0 Å². The van der Waals surface area contributed by atoms with Crippen molar-refractivity contribution in [3.8, 4) is 5.75 Å². The Hall–Kier alpha value is -2.58. The lowest BCUT2D eigenvalue weighted by Crippen LogP contribution is -2.38. The average molecular weight is 445 g/mol. The molecule has 168 valence electrons. The number of para-hydroxylation sites is 1. The van der Waals surface area contributed by atoms with Gasteiger partial charge in [-0.05, 0) is 37.5 Å². The van der Waals surface area contributed by atoms with Crippen molar-refractivity contribution in [3.05, 3.63) is 59.7 Å². The number of hydrogen-bond acceptors (Lipinski definition) is 4. The van der Waals surface area contributed by atoms with Gasteiger partial charge in [-0.1, -0.05) is 42.8 Å². The molecule has 0 radical (unpaired) electrons. The standard InChI is InChI=1S/C23H32N4O3S/c1-3-24-23(25-17-19-11-5-7-13-21(19)30-2)26-18-20-12-6-8-14-22(20)31(28,29)27-15-9-4-10-16-27/h5-8,11-14H,3-4,9-10,15-18H2,1-2H3,(H2,24,25,26). The predicted octanol–water partition coefficient (Wildman–Crippen LogP) is 3.13. The fourth-order valence-electron chi connectivity index (χ4n) is 3.66. The van der Waals surface area contributed by atoms with E-state index in [9.17, 15) is 8.42 Å². The van der Waals surface area contributed by atoms with Gasteiger partial charge < -0.3 is 15.4 Å². The highest BCUT2D eigenvalue weighted by atomic mass is 32.2. The SMILES string of the molecule is CCNC(=NCc1ccccc1OC)NCc1ccccc1S(=O)(=O)N1CCCCC1. The highest BCUT2D eigenvalue weighted by molar-refractivity contribution is 7.89. The first-order valence-corrected chi connectivity index (χ1v) is 12.2. The maximum atomic E-state index is 13.2. The average Bonchev–Trinajstić information content (AvgIpc) is 2.81. The van der Waals surface area contributed by atoms with Crippen LogP contribution in [-0.2, 0) is 23.1 Å². The van der Waals surface area contributed by atoms with Gasteiger partial charge in [0.15, 0.2) is 5.96 Å². The summed E-state index contributed by atoms with van der Waals surface area (Å²) in [6, 6.07) is 15.0. The van der Waals surface area contributed by atoms with Gasteiger partial charge >= 0.3 is 0 Å². The molecule has 1 heterocycles. The Kier molecular flexibility index (Phi) is 8.31. The van der Waals surface area contributed by atoms with Crippen molar-refractivity contribution in [1.82, 2.24) is 14.9 Å². The minimum Gasteiger partial charge on any atom is -0.496 e. The van der Waals surface area contributed by atoms with Gasteiger partial charge in [-0.25, -0.2) is 13.4 Å². The summed E-state index contributed by atoms with van der Waals surface area (Å²) in [4.78, 5) is 5.01. The number of sulfonamides is 1. The van der Waals surface area contributed by atoms with Crippen LogP contribution in [0.2, 0.25) is 0 Å². The van der Waals surface area contributed by atoms with E-state index in [1.165, 1.54) is 0 Å². The highest BCUT2D eigenvalue weighted by Crippen LogP contribution is 2.23. The number of ether oxygens (including phenoxy) is 1. The lowest BCUT2D eigenvalue weighted by molar-refractivity contribution is 0.346. The second kappa shape index (κ2) is 11.2. The van der Waals surface area contributed by atoms with E-state index in [1.807, 2.05) is 43.3 Å². The molecular formula is C23H32N4O3S. The molecule has 2 aromatic rings. The van der Waals surface area contributed by atoms with Crippen molar-refractivity contribution in [1.29, 1.82) is 0 Å². The monoisotopic (exact) mass is 444 g/mol. The molecule has 8 heteroatoms. The zero-order valence-electron chi connectivity index (χ0n) is 18.3. The van der Waals surface area contributed by atoms with E-state index in [0.717, 1.165) is 36.1 Å². The summed E-state index contributed by atoms with van der Waals surface area (Å²) >= 11 is 0. The number of aliphatic imine (C=N–C) groups is 1. The first-order valence-electron chi connectivity index (χ1n) is 10.8. The van der Waals surface area contributed by atoms with Crippen LogP contribution in [0.4, 0.5) is 0 Å². The summed E-state index contributed by atoms with van der Waals surface area (Å²) in [6.45, 7) is 4.69. The van der Waals surface area contributed by atoms with Crippen LogP contribution in [0.15, 0.2) is 58.4 Å². The number of rotatable bonds is 8. The van der Waals surface area contributed by atoms with E-state index >= 15 is 0 Å². The van der Waals surface area contributed by atoms with Crippen LogP contribution < -0.4 is 15.4 Å². The smallest absolute Gasteiger partial charge is 0.243 e. The Morgan fingerprint density at radius 2 is 1.68 bits per heavy atom. The lowest BCUT2D eigenvalue weighted by Gasteiger charge is -2.27. The number of benzene rings is 2. The molecular weight excluding hydrogens is 412 g/mol. The Morgan fingerprint density at radius 3 is 2.39 bits per heavy atom. The number of piperidine rings is 1. The Balaban J connectivity index is 1.75. The summed E-state index contributed by atoms with van der Waals surface area (Å²) < 4.78 is 33.4. The molecule has 2 aromatic carbocycles. The van der Waals surface area contributed by atoms with Gasteiger partial charge in [0, 0.05) is 31.7 Å². The van der Waals surface area contributed by atoms with Crippen LogP contribution in [0.25, 0.3) is 0 Å². The summed E-state index contributed by atoms with van der Waals surface area (Å²) in [5.74, 6) is 1.42. The van der Waals surface area contributed by atoms with Gasteiger partial charge in [0.25, 0.3) is 0 Å². The molecule has 31 heavy (non-hydrogen) atoms. The van der Waals surface area contributed by atoms with Gasteiger partial charge in [0.2, 0.25) is 10.0 Å². The molecule has 1 saturated heterocycles. The Labute approximate surface area is 185 Å². The molecule has 7 nitrogen and oxygen atoms in total. The maximum Gasteiger partial charge on any atom is 0.243 e. The third kappa shape index (κ3) is 5.98. The molecule has 0 aromatic heterocycles. The lowest BCUT2D eigenvalue weighted by atomic mass is 10.2. The van der Waals surface area contributed by atoms with Crippen LogP contribution in [0.5, 0.6) is 5.75 Å². The summed E-state index contributed by atoms with van der Waals surface area (Å²) in [6.07, 6.45) is 2.92. The third-order valence-corrected chi connectivity index (χ3v) is 7.30. The molecule has 1 aliphatic rings. The van der Waals surface area contributed by atoms with Crippen molar-refractivity contribution in [3.63, 3.8) is 0 Å². The van der Waals surface area contributed by atoms with E-state index in [4.69, 9.17) is 4.74 Å². The van der Waals surface area contributed by atoms with Crippen LogP contribution in [0, 0.1) is 0 Å². The second-order valence-corrected chi connectivity index (χ2v) is 9.34. The largest absolute Gasteiger partial charge is 0.496 e. The minimum atomic E-state index is -3.50. The second-order valence-electron chi connectivity index (χ2n) is 7.43. The molecule has 0 spiro atoms. The highest BCUT2D eigenvalue weighted by Gasteiger charge is 2.27. The number of hydrogen-bond donors (Lipinski definition) is 2. The molecule has 0 bridgehead atoms. The van der Waals surface area contributed by atoms with Gasteiger partial charge in [0.05, 0.1) is 18.6 Å². The van der Waals surface area contributed by atoms with E-state index < -0.39 is 10.0 Å². The number of nitrogens with zero attached hydrogens (tertiary/aromatic N) is 2. The Morgan fingerprint density at radius 1 is 1.00 bits per heavy atom. The van der Waals surface area contributed by atoms with E-state index in [1.54, 1.807) is 23.5 Å². The van der Waals surface area contributed by atoms with Crippen LogP contribution in [-0.4, -0.2) is 45.4 Å². The van der Waals surface area contributed by atoms with Crippen LogP contribution >= 0.6 is 0 Å². The van der Waals surface area contributed by atoms with Crippen molar-refractivity contribution in [2.45, 2.75) is 44.2 Å². The fraction of sp³-hybridized carbons (Fsp3) is 0.435. The molecule has 3 rings (SSSR count). The first-order chi connectivity index (χ1) is 15.1. The molecule has 0 unspecified atom stereocenters. The number of nitrogens with one attached hydrogen (secondary N) is 2. The van der Waals surface area contributed by atoms with E-state index in [0.29, 0.717) is 43.6 Å². The molecule has 1 fully saturated rings. The van der Waals surface area contributed by atoms with Gasteiger partial charge in [0.1, 0.15) is 5.75 Å². The van der Waals surface area contributed by atoms with Crippen molar-refractivity contribution >= 4 is 16.0 Å². The molecule has 2 N–H and O–H groups in total. The predicted molar refractivity (Wildman–Crippen MR) is 124 cm³/mol. The topological polar surface area (TPSA) is 83.0 Å². The molecule has 0 atom stereocenters. The molecule has 0 saturated carbocycles. The number of methoxy groups -OCH3 is 1. The van der Waals surface area contributed by atoms with Crippen molar-refractivity contribution < 1.29 is 13.2 Å². The molecule has 1 aliphatic heterocycles. The van der Waals surface area contributed by atoms with Crippen LogP contribution in [0.1, 0.15) is 37.3 Å². The zero-order chi connectivity index (χ0) is 22.1. The maximum absolute atomic E-state index is 13.2. The number of guanidine groups is 1. The first kappa shape index (κ1) is 23.1. The van der Waals surface area contributed by atoms with Crippen molar-refractivity contribution in [2.24, 2.45) is 4.99 Å². The summed E-state index contributed by atoms with van der Waals surface area (Å²) in [7, 11) is -1.86. The van der Waals surface area contributed by atoms with E-state index in [2.05, 4.69) is 15.6 Å². The molecule has 0 aliphatic carbocycles. The summed E-state index contributed by atoms with van der Waals surface area (Å²) in [5, 5.41) is 6.50. The van der Waals surface area contributed by atoms with Crippen molar-refractivity contribution in [2.75, 3.05) is 26.7 Å². The minimum absolute atomic E-state index is 0.362. The van der Waals surface area contributed by atoms with E-state index in [-0.39, 0.29) is 0 Å². The quantitative estimate of drug-likeness (QED) is 0.483.